The van der Waals surface area contributed by atoms with Crippen LogP contribution in [0, 0.1) is 19.3 Å². The Kier molecular flexibility index (Phi) is 5.37. The normalized spacial score (nSPS) is 10.2. The van der Waals surface area contributed by atoms with E-state index in [2.05, 4.69) is 26.6 Å². The minimum atomic E-state index is -0.512. The van der Waals surface area contributed by atoms with Gasteiger partial charge in [0.05, 0.1) is 36.5 Å². The number of ether oxygens (including phenoxy) is 1. The fraction of sp³-hybridized carbons (Fsp3) is 0.375. The molecule has 0 atom stereocenters. The molecule has 0 saturated heterocycles. The number of hydrogen-bond donors (Lipinski definition) is 2. The highest BCUT2D eigenvalue weighted by atomic mass is 16.5. The number of aromatic nitrogens is 3. The van der Waals surface area contributed by atoms with Crippen LogP contribution in [0.25, 0.3) is 11.0 Å². The number of pyridine rings is 1. The Hall–Kier alpha value is -3.08. The summed E-state index contributed by atoms with van der Waals surface area (Å²) in [5.74, 6) is 1.53. The third kappa shape index (κ3) is 3.46. The van der Waals surface area contributed by atoms with Crippen molar-refractivity contribution in [3.05, 3.63) is 17.5 Å². The Balaban J connectivity index is 2.42. The molecule has 8 heteroatoms. The number of nitrogens with zero attached hydrogens (tertiary/aromatic N) is 3. The van der Waals surface area contributed by atoms with Crippen LogP contribution < -0.4 is 10.6 Å². The van der Waals surface area contributed by atoms with Crippen molar-refractivity contribution in [1.29, 1.82) is 0 Å². The predicted octanol–water partition coefficient (Wildman–Crippen LogP) is 0.615. The van der Waals surface area contributed by atoms with E-state index >= 15 is 0 Å². The summed E-state index contributed by atoms with van der Waals surface area (Å²) in [6, 6.07) is 0. The van der Waals surface area contributed by atoms with Gasteiger partial charge in [-0.15, -0.1) is 6.42 Å². The summed E-state index contributed by atoms with van der Waals surface area (Å²) in [5.41, 5.74) is 2.02. The van der Waals surface area contributed by atoms with Gasteiger partial charge in [-0.1, -0.05) is 5.92 Å². The maximum absolute atomic E-state index is 12.2. The number of rotatable bonds is 6. The molecule has 0 aliphatic rings. The van der Waals surface area contributed by atoms with Crippen LogP contribution in [-0.2, 0) is 16.6 Å². The zero-order chi connectivity index (χ0) is 17.7. The van der Waals surface area contributed by atoms with Crippen LogP contribution in [0.3, 0.4) is 0 Å². The summed E-state index contributed by atoms with van der Waals surface area (Å²) in [6.45, 7) is 3.87. The van der Waals surface area contributed by atoms with Crippen molar-refractivity contribution in [2.45, 2.75) is 13.8 Å². The van der Waals surface area contributed by atoms with Gasteiger partial charge in [-0.05, 0) is 13.8 Å². The first kappa shape index (κ1) is 17.3. The van der Waals surface area contributed by atoms with E-state index in [9.17, 15) is 9.59 Å². The van der Waals surface area contributed by atoms with Crippen LogP contribution >= 0.6 is 0 Å². The van der Waals surface area contributed by atoms with Crippen molar-refractivity contribution in [3.63, 3.8) is 0 Å². The van der Waals surface area contributed by atoms with Gasteiger partial charge >= 0.3 is 5.97 Å². The van der Waals surface area contributed by atoms with E-state index in [1.54, 1.807) is 18.7 Å². The maximum atomic E-state index is 12.2. The molecule has 24 heavy (non-hydrogen) atoms. The molecule has 0 spiro atoms. The number of anilines is 1. The second-order valence-corrected chi connectivity index (χ2v) is 5.01. The Labute approximate surface area is 139 Å². The second kappa shape index (κ2) is 7.46. The minimum Gasteiger partial charge on any atom is -0.462 e. The van der Waals surface area contributed by atoms with Crippen molar-refractivity contribution in [1.82, 2.24) is 20.1 Å². The van der Waals surface area contributed by atoms with Crippen molar-refractivity contribution in [2.24, 2.45) is 7.05 Å². The lowest BCUT2D eigenvalue weighted by molar-refractivity contribution is -0.119. The topological polar surface area (TPSA) is 98.1 Å². The second-order valence-electron chi connectivity index (χ2n) is 5.01. The monoisotopic (exact) mass is 329 g/mol. The molecule has 2 aromatic rings. The largest absolute Gasteiger partial charge is 0.462 e. The van der Waals surface area contributed by atoms with Crippen molar-refractivity contribution in [3.8, 4) is 12.3 Å². The molecular formula is C16H19N5O3. The van der Waals surface area contributed by atoms with Gasteiger partial charge in [0.15, 0.2) is 5.65 Å². The molecule has 126 valence electrons. The average molecular weight is 329 g/mol. The number of carbonyl (C=O) groups is 2. The maximum Gasteiger partial charge on any atom is 0.341 e. The molecule has 0 aromatic carbocycles. The standard InChI is InChI=1S/C16H19N5O3/c1-5-7-17-12(22)9-18-14-11(16(23)24-6-2)8-19-15-13(14)10(3)20-21(15)4/h1,8H,6-7,9H2,2-4H3,(H,17,22)(H,18,19). The van der Waals surface area contributed by atoms with Gasteiger partial charge in [-0.2, -0.15) is 5.10 Å². The highest BCUT2D eigenvalue weighted by Crippen LogP contribution is 2.28. The highest BCUT2D eigenvalue weighted by molar-refractivity contribution is 6.05. The summed E-state index contributed by atoms with van der Waals surface area (Å²) in [7, 11) is 1.76. The van der Waals surface area contributed by atoms with E-state index in [-0.39, 0.29) is 31.2 Å². The zero-order valence-electron chi connectivity index (χ0n) is 13.8. The van der Waals surface area contributed by atoms with Crippen LogP contribution in [-0.4, -0.2) is 46.3 Å². The SMILES string of the molecule is C#CCNC(=O)CNc1c(C(=O)OCC)cnc2c1c(C)nn2C. The fourth-order valence-electron chi connectivity index (χ4n) is 2.34. The average Bonchev–Trinajstić information content (AvgIpc) is 2.85. The molecule has 0 aliphatic heterocycles. The molecule has 2 N–H and O–H groups in total. The van der Waals surface area contributed by atoms with Crippen LogP contribution in [0.2, 0.25) is 0 Å². The number of amides is 1. The van der Waals surface area contributed by atoms with Gasteiger partial charge in [0.25, 0.3) is 0 Å². The quantitative estimate of drug-likeness (QED) is 0.595. The minimum absolute atomic E-state index is 0.0401. The molecule has 0 saturated carbocycles. The molecule has 0 radical (unpaired) electrons. The van der Waals surface area contributed by atoms with Crippen molar-refractivity contribution in [2.75, 3.05) is 25.0 Å². The third-order valence-electron chi connectivity index (χ3n) is 3.34. The number of esters is 1. The fourth-order valence-corrected chi connectivity index (χ4v) is 2.34. The molecular weight excluding hydrogens is 310 g/mol. The molecule has 2 rings (SSSR count). The van der Waals surface area contributed by atoms with E-state index in [0.29, 0.717) is 22.4 Å². The van der Waals surface area contributed by atoms with E-state index in [0.717, 1.165) is 0 Å². The first-order valence-corrected chi connectivity index (χ1v) is 7.43. The molecule has 2 aromatic heterocycles. The van der Waals surface area contributed by atoms with Crippen molar-refractivity contribution < 1.29 is 14.3 Å². The van der Waals surface area contributed by atoms with Gasteiger partial charge in [-0.25, -0.2) is 9.78 Å². The summed E-state index contributed by atoms with van der Waals surface area (Å²) in [4.78, 5) is 28.2. The molecule has 0 bridgehead atoms. The predicted molar refractivity (Wildman–Crippen MR) is 89.5 cm³/mol. The lowest BCUT2D eigenvalue weighted by atomic mass is 10.1. The van der Waals surface area contributed by atoms with E-state index < -0.39 is 5.97 Å². The first-order chi connectivity index (χ1) is 11.5. The molecule has 1 amide bonds. The van der Waals surface area contributed by atoms with E-state index in [1.807, 2.05) is 6.92 Å². The number of carbonyl (C=O) groups excluding carboxylic acids is 2. The highest BCUT2D eigenvalue weighted by Gasteiger charge is 2.21. The van der Waals surface area contributed by atoms with Gasteiger partial charge in [0.1, 0.15) is 5.56 Å². The van der Waals surface area contributed by atoms with Gasteiger partial charge in [0, 0.05) is 13.2 Å². The Morgan fingerprint density at radius 3 is 2.88 bits per heavy atom. The number of aryl methyl sites for hydroxylation is 2. The van der Waals surface area contributed by atoms with E-state index in [1.165, 1.54) is 6.20 Å². The smallest absolute Gasteiger partial charge is 0.341 e. The molecule has 0 aliphatic carbocycles. The Morgan fingerprint density at radius 2 is 2.21 bits per heavy atom. The first-order valence-electron chi connectivity index (χ1n) is 7.43. The van der Waals surface area contributed by atoms with Gasteiger partial charge in [0.2, 0.25) is 5.91 Å². The molecule has 8 nitrogen and oxygen atoms in total. The van der Waals surface area contributed by atoms with Gasteiger partial charge < -0.3 is 15.4 Å². The summed E-state index contributed by atoms with van der Waals surface area (Å²) in [5, 5.41) is 10.5. The lowest BCUT2D eigenvalue weighted by Crippen LogP contribution is -2.30. The van der Waals surface area contributed by atoms with Crippen LogP contribution in [0.1, 0.15) is 23.0 Å². The number of fused-ring (bicyclic) bond motifs is 1. The van der Waals surface area contributed by atoms with E-state index in [4.69, 9.17) is 11.2 Å². The lowest BCUT2D eigenvalue weighted by Gasteiger charge is -2.12. The zero-order valence-corrected chi connectivity index (χ0v) is 13.8. The molecule has 2 heterocycles. The summed E-state index contributed by atoms with van der Waals surface area (Å²) in [6.07, 6.45) is 6.53. The van der Waals surface area contributed by atoms with Crippen LogP contribution in [0.15, 0.2) is 6.20 Å². The molecule has 0 unspecified atom stereocenters. The molecule has 0 fully saturated rings. The number of terminal acetylenes is 1. The number of nitrogens with one attached hydrogen (secondary N) is 2. The number of hydrogen-bond acceptors (Lipinski definition) is 6. The van der Waals surface area contributed by atoms with Crippen LogP contribution in [0.5, 0.6) is 0 Å². The van der Waals surface area contributed by atoms with Crippen molar-refractivity contribution >= 4 is 28.6 Å². The van der Waals surface area contributed by atoms with Gasteiger partial charge in [-0.3, -0.25) is 9.48 Å². The third-order valence-corrected chi connectivity index (χ3v) is 3.34. The Bertz CT molecular complexity index is 819. The van der Waals surface area contributed by atoms with Crippen LogP contribution in [0.4, 0.5) is 5.69 Å². The summed E-state index contributed by atoms with van der Waals surface area (Å²) < 4.78 is 6.68. The summed E-state index contributed by atoms with van der Waals surface area (Å²) >= 11 is 0. The Morgan fingerprint density at radius 1 is 1.46 bits per heavy atom.